The number of hydrogen-bond acceptors (Lipinski definition) is 4. The predicted octanol–water partition coefficient (Wildman–Crippen LogP) is 5.14. The molecule has 1 amide bonds. The van der Waals surface area contributed by atoms with E-state index < -0.39 is 12.1 Å². The van der Waals surface area contributed by atoms with Crippen LogP contribution in [-0.4, -0.2) is 36.3 Å². The van der Waals surface area contributed by atoms with Crippen LogP contribution in [0, 0.1) is 0 Å². The normalized spacial score (nSPS) is 12.5. The molecule has 0 aromatic heterocycles. The third-order valence-electron chi connectivity index (χ3n) is 4.54. The smallest absolute Gasteiger partial charge is 0.333 e. The van der Waals surface area contributed by atoms with E-state index in [0.717, 1.165) is 16.7 Å². The Morgan fingerprint density at radius 2 is 1.78 bits per heavy atom. The SMILES string of the molecule is COc1ccc(CC(OC(C)C)C(=O)O)cc1CNC(=O)/C(C)=C/c1cc(Cl)cc(Cl)c1. The van der Waals surface area contributed by atoms with Crippen molar-refractivity contribution in [2.75, 3.05) is 7.11 Å². The van der Waals surface area contributed by atoms with Crippen molar-refractivity contribution in [3.63, 3.8) is 0 Å². The number of halogens is 2. The Balaban J connectivity index is 2.13. The van der Waals surface area contributed by atoms with Crippen molar-refractivity contribution in [3.8, 4) is 5.75 Å². The number of rotatable bonds is 10. The largest absolute Gasteiger partial charge is 0.496 e. The lowest BCUT2D eigenvalue weighted by Gasteiger charge is -2.18. The molecule has 32 heavy (non-hydrogen) atoms. The molecule has 0 fully saturated rings. The second-order valence-corrected chi connectivity index (χ2v) is 8.45. The Morgan fingerprint density at radius 3 is 2.34 bits per heavy atom. The summed E-state index contributed by atoms with van der Waals surface area (Å²) in [5.74, 6) is -0.694. The minimum Gasteiger partial charge on any atom is -0.496 e. The Hall–Kier alpha value is -2.54. The lowest BCUT2D eigenvalue weighted by molar-refractivity contribution is -0.153. The van der Waals surface area contributed by atoms with Crippen LogP contribution in [0.1, 0.15) is 37.5 Å². The summed E-state index contributed by atoms with van der Waals surface area (Å²) >= 11 is 12.0. The van der Waals surface area contributed by atoms with Crippen LogP contribution >= 0.6 is 23.2 Å². The maximum Gasteiger partial charge on any atom is 0.333 e. The number of carbonyl (C=O) groups excluding carboxylic acids is 1. The molecule has 0 heterocycles. The first kappa shape index (κ1) is 25.7. The Kier molecular flexibility index (Phi) is 9.57. The summed E-state index contributed by atoms with van der Waals surface area (Å²) < 4.78 is 10.9. The van der Waals surface area contributed by atoms with E-state index in [2.05, 4.69) is 5.32 Å². The molecule has 0 radical (unpaired) electrons. The third-order valence-corrected chi connectivity index (χ3v) is 4.98. The summed E-state index contributed by atoms with van der Waals surface area (Å²) in [6.45, 7) is 5.48. The molecule has 1 unspecified atom stereocenters. The molecule has 8 heteroatoms. The molecule has 172 valence electrons. The standard InChI is InChI=1S/C24H27Cl2NO5/c1-14(2)32-22(24(29)30)11-16-5-6-21(31-4)18(8-16)13-27-23(28)15(3)7-17-9-19(25)12-20(26)10-17/h5-10,12,14,22H,11,13H2,1-4H3,(H,27,28)(H,29,30)/b15-7+. The number of amides is 1. The summed E-state index contributed by atoms with van der Waals surface area (Å²) in [5, 5.41) is 13.2. The van der Waals surface area contributed by atoms with E-state index in [-0.39, 0.29) is 25.0 Å². The van der Waals surface area contributed by atoms with Crippen LogP contribution in [-0.2, 0) is 27.3 Å². The van der Waals surface area contributed by atoms with E-state index in [4.69, 9.17) is 32.7 Å². The number of carboxylic acids is 1. The first-order chi connectivity index (χ1) is 15.1. The summed E-state index contributed by atoms with van der Waals surface area (Å²) in [7, 11) is 1.54. The Labute approximate surface area is 198 Å². The van der Waals surface area contributed by atoms with Crippen molar-refractivity contribution in [2.24, 2.45) is 0 Å². The number of aliphatic carboxylic acids is 1. The van der Waals surface area contributed by atoms with Gasteiger partial charge in [0, 0.05) is 34.1 Å². The number of ether oxygens (including phenoxy) is 2. The molecule has 0 saturated carbocycles. The Bertz CT molecular complexity index is 984. The summed E-state index contributed by atoms with van der Waals surface area (Å²) in [6, 6.07) is 10.4. The first-order valence-corrected chi connectivity index (χ1v) is 10.8. The van der Waals surface area contributed by atoms with Crippen molar-refractivity contribution in [3.05, 3.63) is 68.7 Å². The third kappa shape index (κ3) is 7.86. The quantitative estimate of drug-likeness (QED) is 0.460. The molecule has 0 aliphatic heterocycles. The van der Waals surface area contributed by atoms with Gasteiger partial charge in [0.2, 0.25) is 5.91 Å². The number of nitrogens with one attached hydrogen (secondary N) is 1. The van der Waals surface area contributed by atoms with Gasteiger partial charge < -0.3 is 19.9 Å². The van der Waals surface area contributed by atoms with Crippen LogP contribution in [0.25, 0.3) is 6.08 Å². The highest BCUT2D eigenvalue weighted by molar-refractivity contribution is 6.34. The van der Waals surface area contributed by atoms with Gasteiger partial charge >= 0.3 is 5.97 Å². The van der Waals surface area contributed by atoms with Gasteiger partial charge in [-0.2, -0.15) is 0 Å². The van der Waals surface area contributed by atoms with Crippen molar-refractivity contribution in [1.29, 1.82) is 0 Å². The summed E-state index contributed by atoms with van der Waals surface area (Å²) in [5.41, 5.74) is 2.70. The maximum absolute atomic E-state index is 12.6. The van der Waals surface area contributed by atoms with Crippen LogP contribution < -0.4 is 10.1 Å². The molecule has 2 N–H and O–H groups in total. The van der Waals surface area contributed by atoms with E-state index in [0.29, 0.717) is 21.4 Å². The highest BCUT2D eigenvalue weighted by Gasteiger charge is 2.21. The van der Waals surface area contributed by atoms with E-state index in [1.54, 1.807) is 57.2 Å². The second-order valence-electron chi connectivity index (χ2n) is 7.57. The van der Waals surface area contributed by atoms with Crippen LogP contribution in [0.3, 0.4) is 0 Å². The Morgan fingerprint density at radius 1 is 1.12 bits per heavy atom. The minimum absolute atomic E-state index is 0.201. The van der Waals surface area contributed by atoms with Crippen molar-refractivity contribution < 1.29 is 24.2 Å². The fourth-order valence-corrected chi connectivity index (χ4v) is 3.67. The highest BCUT2D eigenvalue weighted by atomic mass is 35.5. The first-order valence-electron chi connectivity index (χ1n) is 10.1. The molecule has 1 atom stereocenters. The van der Waals surface area contributed by atoms with Crippen molar-refractivity contribution in [1.82, 2.24) is 5.32 Å². The van der Waals surface area contributed by atoms with Gasteiger partial charge in [-0.15, -0.1) is 0 Å². The van der Waals surface area contributed by atoms with Crippen LogP contribution in [0.2, 0.25) is 10.0 Å². The fourth-order valence-electron chi connectivity index (χ4n) is 3.12. The fraction of sp³-hybridized carbons (Fsp3) is 0.333. The zero-order valence-corrected chi connectivity index (χ0v) is 20.0. The zero-order valence-electron chi connectivity index (χ0n) is 18.4. The molecular weight excluding hydrogens is 453 g/mol. The molecule has 0 saturated heterocycles. The molecule has 6 nitrogen and oxygen atoms in total. The van der Waals surface area contributed by atoms with E-state index in [9.17, 15) is 14.7 Å². The molecule has 0 spiro atoms. The van der Waals surface area contributed by atoms with Gasteiger partial charge in [0.1, 0.15) is 5.75 Å². The van der Waals surface area contributed by atoms with Gasteiger partial charge in [0.05, 0.1) is 13.2 Å². The predicted molar refractivity (Wildman–Crippen MR) is 126 cm³/mol. The minimum atomic E-state index is -1.02. The van der Waals surface area contributed by atoms with E-state index in [1.165, 1.54) is 7.11 Å². The van der Waals surface area contributed by atoms with Crippen molar-refractivity contribution in [2.45, 2.75) is 45.9 Å². The highest BCUT2D eigenvalue weighted by Crippen LogP contribution is 2.23. The monoisotopic (exact) mass is 479 g/mol. The topological polar surface area (TPSA) is 84.9 Å². The van der Waals surface area contributed by atoms with Crippen molar-refractivity contribution >= 4 is 41.2 Å². The van der Waals surface area contributed by atoms with Crippen LogP contribution in [0.15, 0.2) is 42.0 Å². The lowest BCUT2D eigenvalue weighted by Crippen LogP contribution is -2.29. The molecular formula is C24H27Cl2NO5. The number of carbonyl (C=O) groups is 2. The van der Waals surface area contributed by atoms with Crippen LogP contribution in [0.5, 0.6) is 5.75 Å². The molecule has 0 aliphatic carbocycles. The molecule has 2 aromatic carbocycles. The molecule has 2 rings (SSSR count). The van der Waals surface area contributed by atoms with Gasteiger partial charge in [0.15, 0.2) is 6.10 Å². The average molecular weight is 480 g/mol. The number of benzene rings is 2. The summed E-state index contributed by atoms with van der Waals surface area (Å²) in [6.07, 6.45) is 0.728. The number of hydrogen-bond donors (Lipinski definition) is 2. The van der Waals surface area contributed by atoms with Gasteiger partial charge in [-0.05, 0) is 62.2 Å². The second kappa shape index (κ2) is 11.9. The number of carboxylic acid groups (broad SMARTS) is 1. The molecule has 0 aliphatic rings. The average Bonchev–Trinajstić information content (AvgIpc) is 2.70. The summed E-state index contributed by atoms with van der Waals surface area (Å²) in [4.78, 5) is 24.1. The maximum atomic E-state index is 12.6. The molecule has 0 bridgehead atoms. The number of methoxy groups -OCH3 is 1. The van der Waals surface area contributed by atoms with E-state index >= 15 is 0 Å². The van der Waals surface area contributed by atoms with E-state index in [1.807, 2.05) is 6.07 Å². The lowest BCUT2D eigenvalue weighted by atomic mass is 10.0. The van der Waals surface area contributed by atoms with Gasteiger partial charge in [-0.25, -0.2) is 4.79 Å². The van der Waals surface area contributed by atoms with Gasteiger partial charge in [0.25, 0.3) is 0 Å². The van der Waals surface area contributed by atoms with Crippen LogP contribution in [0.4, 0.5) is 0 Å². The molecule has 2 aromatic rings. The zero-order chi connectivity index (χ0) is 23.8. The van der Waals surface area contributed by atoms with Gasteiger partial charge in [-0.1, -0.05) is 35.3 Å². The van der Waals surface area contributed by atoms with Gasteiger partial charge in [-0.3, -0.25) is 4.79 Å².